The molecule has 500 valence electrons. The summed E-state index contributed by atoms with van der Waals surface area (Å²) >= 11 is 0. The number of unbranched alkanes of at least 4 members (excludes halogenated alkanes) is 39. The van der Waals surface area contributed by atoms with Gasteiger partial charge in [-0.3, -0.25) is 9.59 Å². The third-order valence-corrected chi connectivity index (χ3v) is 16.7. The van der Waals surface area contributed by atoms with E-state index < -0.39 is 49.5 Å². The minimum absolute atomic E-state index is 0.0108. The Morgan fingerprint density at radius 1 is 0.430 bits per heavy atom. The van der Waals surface area contributed by atoms with Gasteiger partial charge in [-0.25, -0.2) is 0 Å². The van der Waals surface area contributed by atoms with E-state index in [4.69, 9.17) is 14.2 Å². The van der Waals surface area contributed by atoms with Crippen LogP contribution in [0.25, 0.3) is 0 Å². The first-order chi connectivity index (χ1) is 42.2. The molecule has 0 aromatic carbocycles. The summed E-state index contributed by atoms with van der Waals surface area (Å²) in [7, 11) is 0. The highest BCUT2D eigenvalue weighted by molar-refractivity contribution is 5.76. The van der Waals surface area contributed by atoms with Gasteiger partial charge in [0.25, 0.3) is 0 Å². The van der Waals surface area contributed by atoms with Crippen LogP contribution in [0.1, 0.15) is 328 Å². The molecule has 1 saturated heterocycles. The number of ether oxygens (including phenoxy) is 3. The fourth-order valence-electron chi connectivity index (χ4n) is 11.0. The van der Waals surface area contributed by atoms with Crippen LogP contribution in [0.3, 0.4) is 0 Å². The van der Waals surface area contributed by atoms with E-state index in [1.807, 2.05) is 6.08 Å². The van der Waals surface area contributed by atoms with E-state index >= 15 is 0 Å². The van der Waals surface area contributed by atoms with Crippen molar-refractivity contribution in [1.29, 1.82) is 0 Å². The van der Waals surface area contributed by atoms with Crippen LogP contribution in [-0.4, -0.2) is 100 Å². The highest BCUT2D eigenvalue weighted by Gasteiger charge is 2.44. The lowest BCUT2D eigenvalue weighted by molar-refractivity contribution is -0.302. The van der Waals surface area contributed by atoms with Crippen LogP contribution in [-0.2, 0) is 23.8 Å². The zero-order valence-electron chi connectivity index (χ0n) is 55.5. The van der Waals surface area contributed by atoms with Gasteiger partial charge in [0, 0.05) is 12.8 Å². The number of carbonyl (C=O) groups is 2. The van der Waals surface area contributed by atoms with Crippen molar-refractivity contribution in [2.75, 3.05) is 19.8 Å². The number of aliphatic hydroxyl groups excluding tert-OH is 5. The van der Waals surface area contributed by atoms with Crippen molar-refractivity contribution >= 4 is 11.9 Å². The van der Waals surface area contributed by atoms with Crippen LogP contribution in [0.4, 0.5) is 0 Å². The lowest BCUT2D eigenvalue weighted by Gasteiger charge is -2.40. The summed E-state index contributed by atoms with van der Waals surface area (Å²) < 4.78 is 16.7. The van der Waals surface area contributed by atoms with E-state index in [1.54, 1.807) is 6.08 Å². The molecule has 0 aliphatic carbocycles. The fraction of sp³-hybridized carbons (Fsp3) is 0.813. The number of nitrogens with one attached hydrogen (secondary N) is 1. The monoisotopic (exact) mass is 1210 g/mol. The molecular weight excluding hydrogens is 1070 g/mol. The van der Waals surface area contributed by atoms with Crippen molar-refractivity contribution in [2.45, 2.75) is 371 Å². The van der Waals surface area contributed by atoms with Crippen molar-refractivity contribution in [1.82, 2.24) is 5.32 Å². The second kappa shape index (κ2) is 63.7. The predicted molar refractivity (Wildman–Crippen MR) is 361 cm³/mol. The summed E-state index contributed by atoms with van der Waals surface area (Å²) in [5, 5.41) is 54.5. The maximum absolute atomic E-state index is 13.1. The number of esters is 1. The normalized spacial score (nSPS) is 18.3. The number of amides is 1. The summed E-state index contributed by atoms with van der Waals surface area (Å²) in [5.74, 6) is -0.202. The zero-order valence-corrected chi connectivity index (χ0v) is 55.5. The molecule has 0 aromatic rings. The summed E-state index contributed by atoms with van der Waals surface area (Å²) in [6.07, 6.45) is 76.1. The highest BCUT2D eigenvalue weighted by Crippen LogP contribution is 2.23. The second-order valence-corrected chi connectivity index (χ2v) is 24.9. The largest absolute Gasteiger partial charge is 0.466 e. The third kappa shape index (κ3) is 51.9. The minimum Gasteiger partial charge on any atom is -0.466 e. The van der Waals surface area contributed by atoms with Crippen LogP contribution in [0, 0.1) is 0 Å². The third-order valence-electron chi connectivity index (χ3n) is 16.7. The van der Waals surface area contributed by atoms with Gasteiger partial charge in [0.05, 0.1) is 32.0 Å². The van der Waals surface area contributed by atoms with E-state index in [-0.39, 0.29) is 18.5 Å². The molecule has 1 amide bonds. The Bertz CT molecular complexity index is 1660. The molecule has 0 spiro atoms. The van der Waals surface area contributed by atoms with Crippen LogP contribution < -0.4 is 5.32 Å². The molecule has 1 fully saturated rings. The van der Waals surface area contributed by atoms with Gasteiger partial charge in [-0.05, 0) is 103 Å². The number of allylic oxidation sites excluding steroid dienone is 11. The number of carbonyl (C=O) groups excluding carboxylic acids is 2. The van der Waals surface area contributed by atoms with Crippen LogP contribution in [0.2, 0.25) is 0 Å². The summed E-state index contributed by atoms with van der Waals surface area (Å²) in [6.45, 7) is 4.27. The maximum atomic E-state index is 13.1. The number of rotatable bonds is 63. The van der Waals surface area contributed by atoms with E-state index in [9.17, 15) is 35.1 Å². The lowest BCUT2D eigenvalue weighted by atomic mass is 9.99. The molecule has 86 heavy (non-hydrogen) atoms. The Balaban J connectivity index is 1.99. The van der Waals surface area contributed by atoms with Gasteiger partial charge < -0.3 is 45.1 Å². The Morgan fingerprint density at radius 2 is 0.814 bits per heavy atom. The molecule has 1 heterocycles. The van der Waals surface area contributed by atoms with Crippen molar-refractivity contribution in [3.8, 4) is 0 Å². The Labute approximate surface area is 528 Å². The first kappa shape index (κ1) is 81.1. The molecule has 1 aliphatic heterocycles. The number of hydrogen-bond acceptors (Lipinski definition) is 10. The van der Waals surface area contributed by atoms with E-state index in [0.29, 0.717) is 19.4 Å². The van der Waals surface area contributed by atoms with Crippen molar-refractivity contribution < 1.29 is 49.3 Å². The molecule has 0 aromatic heterocycles. The average molecular weight is 1210 g/mol. The van der Waals surface area contributed by atoms with Crippen molar-refractivity contribution in [2.24, 2.45) is 0 Å². The summed E-state index contributed by atoms with van der Waals surface area (Å²) in [6, 6.07) is -0.829. The molecular formula is C75H135NO10. The van der Waals surface area contributed by atoms with E-state index in [2.05, 4.69) is 79.9 Å². The van der Waals surface area contributed by atoms with Gasteiger partial charge >= 0.3 is 5.97 Å². The van der Waals surface area contributed by atoms with Gasteiger partial charge in [0.15, 0.2) is 6.29 Å². The molecule has 7 atom stereocenters. The average Bonchev–Trinajstić information content (AvgIpc) is 2.02. The van der Waals surface area contributed by atoms with Crippen LogP contribution in [0.15, 0.2) is 72.9 Å². The quantitative estimate of drug-likeness (QED) is 0.0195. The summed E-state index contributed by atoms with van der Waals surface area (Å²) in [5.41, 5.74) is 0. The zero-order chi connectivity index (χ0) is 62.3. The van der Waals surface area contributed by atoms with Gasteiger partial charge in [0.2, 0.25) is 5.91 Å². The first-order valence-electron chi connectivity index (χ1n) is 36.2. The van der Waals surface area contributed by atoms with Gasteiger partial charge in [-0.1, -0.05) is 286 Å². The van der Waals surface area contributed by atoms with Gasteiger partial charge in [-0.2, -0.15) is 0 Å². The first-order valence-corrected chi connectivity index (χ1v) is 36.2. The number of aliphatic hydroxyl groups is 5. The lowest BCUT2D eigenvalue weighted by Crippen LogP contribution is -2.60. The second-order valence-electron chi connectivity index (χ2n) is 24.9. The maximum Gasteiger partial charge on any atom is 0.305 e. The Kier molecular flexibility index (Phi) is 60.0. The van der Waals surface area contributed by atoms with E-state index in [0.717, 1.165) is 70.6 Å². The van der Waals surface area contributed by atoms with Gasteiger partial charge in [-0.15, -0.1) is 0 Å². The van der Waals surface area contributed by atoms with Gasteiger partial charge in [0.1, 0.15) is 24.4 Å². The molecule has 11 nitrogen and oxygen atoms in total. The molecule has 0 radical (unpaired) electrons. The minimum atomic E-state index is -1.58. The van der Waals surface area contributed by atoms with Crippen molar-refractivity contribution in [3.63, 3.8) is 0 Å². The standard InChI is InChI=1S/C75H135NO10/c1-3-5-7-9-11-13-15-17-38-41-45-49-53-57-61-68(78)67(66-85-75-74(83)73(82)72(81)69(65-77)86-75)76-70(79)62-58-54-50-46-42-39-35-33-31-29-27-25-23-21-19-18-20-22-24-26-28-30-32-34-36-40-44-48-52-56-60-64-84-71(80)63-59-55-51-47-43-37-16-14-12-10-8-6-4-2/h8,10,14,16,20,22,26,28,41,45,57,61,67-69,72-75,77-78,81-83H,3-7,9,11-13,15,17-19,21,23-25,27,29-40,42-44,46-56,58-60,62-66H2,1-2H3,(H,76,79)/b10-8-,16-14-,22-20-,28-26-,45-41+,61-57+. The molecule has 6 N–H and O–H groups in total. The molecule has 11 heteroatoms. The number of hydrogen-bond donors (Lipinski definition) is 6. The molecule has 7 unspecified atom stereocenters. The highest BCUT2D eigenvalue weighted by atomic mass is 16.7. The fourth-order valence-corrected chi connectivity index (χ4v) is 11.0. The van der Waals surface area contributed by atoms with Crippen LogP contribution >= 0.6 is 0 Å². The topological polar surface area (TPSA) is 175 Å². The Morgan fingerprint density at radius 3 is 1.27 bits per heavy atom. The SMILES string of the molecule is CCC/C=C\C/C=C\CCCCCCCC(=O)OCCCCCCCCCCC/C=C\C/C=C\CCCCCCCCCCCCCCCCCC(=O)NC(COC1OC(CO)C(O)C(O)C1O)C(O)/C=C/CC/C=C/CCCCCCCCCC. The van der Waals surface area contributed by atoms with Crippen molar-refractivity contribution in [3.05, 3.63) is 72.9 Å². The summed E-state index contributed by atoms with van der Waals surface area (Å²) in [4.78, 5) is 25.1. The van der Waals surface area contributed by atoms with E-state index in [1.165, 1.54) is 231 Å². The molecule has 1 rings (SSSR count). The smallest absolute Gasteiger partial charge is 0.305 e. The molecule has 0 saturated carbocycles. The van der Waals surface area contributed by atoms with Crippen LogP contribution in [0.5, 0.6) is 0 Å². The molecule has 0 bridgehead atoms. The predicted octanol–water partition coefficient (Wildman–Crippen LogP) is 18.7. The Hall–Kier alpha value is -2.90. The molecule has 1 aliphatic rings.